The first kappa shape index (κ1) is 23.7. The third-order valence-electron chi connectivity index (χ3n) is 5.35. The molecule has 2 aromatic carbocycles. The maximum absolute atomic E-state index is 9.13. The molecule has 4 rings (SSSR count). The van der Waals surface area contributed by atoms with E-state index < -0.39 is 0 Å². The van der Waals surface area contributed by atoms with Crippen molar-refractivity contribution in [3.63, 3.8) is 0 Å². The third-order valence-corrected chi connectivity index (χ3v) is 5.35. The molecule has 9 heteroatoms. The van der Waals surface area contributed by atoms with Crippen LogP contribution in [0.3, 0.4) is 0 Å². The van der Waals surface area contributed by atoms with Crippen molar-refractivity contribution < 1.29 is 14.6 Å². The van der Waals surface area contributed by atoms with Crippen LogP contribution < -0.4 is 19.7 Å². The summed E-state index contributed by atoms with van der Waals surface area (Å²) in [5.74, 6) is 4.14. The van der Waals surface area contributed by atoms with Gasteiger partial charge in [-0.25, -0.2) is 0 Å². The predicted octanol–water partition coefficient (Wildman–Crippen LogP) is 3.62. The Morgan fingerprint density at radius 2 is 1.50 bits per heavy atom. The molecule has 1 aromatic heterocycles. The SMILES string of the molecule is Cc1nc(Nc2ccc(Oc3ccc(OC(C)C)cc3)cc2)nc(N2CCN(CCO)CC2)n1. The molecule has 9 nitrogen and oxygen atoms in total. The lowest BCUT2D eigenvalue weighted by atomic mass is 10.3. The summed E-state index contributed by atoms with van der Waals surface area (Å²) in [5, 5.41) is 12.4. The highest BCUT2D eigenvalue weighted by atomic mass is 16.5. The van der Waals surface area contributed by atoms with Gasteiger partial charge < -0.3 is 24.8 Å². The van der Waals surface area contributed by atoms with E-state index in [9.17, 15) is 0 Å². The van der Waals surface area contributed by atoms with Gasteiger partial charge in [0, 0.05) is 38.4 Å². The van der Waals surface area contributed by atoms with Crippen molar-refractivity contribution in [3.05, 3.63) is 54.4 Å². The molecule has 1 saturated heterocycles. The molecule has 180 valence electrons. The van der Waals surface area contributed by atoms with E-state index in [1.54, 1.807) is 0 Å². The highest BCUT2D eigenvalue weighted by molar-refractivity contribution is 5.56. The van der Waals surface area contributed by atoms with Crippen LogP contribution >= 0.6 is 0 Å². The summed E-state index contributed by atoms with van der Waals surface area (Å²) < 4.78 is 11.6. The van der Waals surface area contributed by atoms with Gasteiger partial charge in [-0.05, 0) is 69.3 Å². The molecule has 0 saturated carbocycles. The number of piperazine rings is 1. The Morgan fingerprint density at radius 3 is 2.12 bits per heavy atom. The van der Waals surface area contributed by atoms with E-state index >= 15 is 0 Å². The highest BCUT2D eigenvalue weighted by Gasteiger charge is 2.19. The lowest BCUT2D eigenvalue weighted by Gasteiger charge is -2.34. The second-order valence-corrected chi connectivity index (χ2v) is 8.45. The maximum atomic E-state index is 9.13. The van der Waals surface area contributed by atoms with Crippen LogP contribution in [0.5, 0.6) is 17.2 Å². The first-order chi connectivity index (χ1) is 16.5. The molecule has 0 unspecified atom stereocenters. The molecular formula is C25H32N6O3. The summed E-state index contributed by atoms with van der Waals surface area (Å²) in [7, 11) is 0. The fourth-order valence-electron chi connectivity index (χ4n) is 3.71. The van der Waals surface area contributed by atoms with Crippen molar-refractivity contribution in [3.8, 4) is 17.2 Å². The number of anilines is 3. The highest BCUT2D eigenvalue weighted by Crippen LogP contribution is 2.26. The van der Waals surface area contributed by atoms with E-state index in [1.165, 1.54) is 0 Å². The monoisotopic (exact) mass is 464 g/mol. The number of hydrogen-bond acceptors (Lipinski definition) is 9. The molecule has 0 spiro atoms. The van der Waals surface area contributed by atoms with Gasteiger partial charge in [0.15, 0.2) is 0 Å². The van der Waals surface area contributed by atoms with Gasteiger partial charge in [0.2, 0.25) is 11.9 Å². The number of ether oxygens (including phenoxy) is 2. The predicted molar refractivity (Wildman–Crippen MR) is 132 cm³/mol. The Labute approximate surface area is 200 Å². The van der Waals surface area contributed by atoms with Crippen LogP contribution in [0.25, 0.3) is 0 Å². The van der Waals surface area contributed by atoms with E-state index in [0.29, 0.717) is 24.3 Å². The topological polar surface area (TPSA) is 95.9 Å². The van der Waals surface area contributed by atoms with Crippen molar-refractivity contribution in [2.45, 2.75) is 26.9 Å². The Hall–Kier alpha value is -3.43. The van der Waals surface area contributed by atoms with Crippen LogP contribution in [-0.4, -0.2) is 70.4 Å². The van der Waals surface area contributed by atoms with Crippen LogP contribution in [0, 0.1) is 6.92 Å². The summed E-state index contributed by atoms with van der Waals surface area (Å²) >= 11 is 0. The van der Waals surface area contributed by atoms with E-state index in [-0.39, 0.29) is 12.7 Å². The number of nitrogens with zero attached hydrogens (tertiary/aromatic N) is 5. The Kier molecular flexibility index (Phi) is 7.76. The van der Waals surface area contributed by atoms with Crippen LogP contribution in [0.15, 0.2) is 48.5 Å². The van der Waals surface area contributed by atoms with Gasteiger partial charge in [-0.2, -0.15) is 15.0 Å². The smallest absolute Gasteiger partial charge is 0.232 e. The number of rotatable bonds is 9. The van der Waals surface area contributed by atoms with E-state index in [0.717, 1.165) is 49.1 Å². The van der Waals surface area contributed by atoms with Crippen molar-refractivity contribution in [2.75, 3.05) is 49.5 Å². The minimum Gasteiger partial charge on any atom is -0.491 e. The standard InChI is InChI=1S/C25H32N6O3/c1-18(2)33-21-8-10-23(11-9-21)34-22-6-4-20(5-7-22)28-24-26-19(3)27-25(29-24)31-14-12-30(13-15-31)16-17-32/h4-11,18,32H,12-17H2,1-3H3,(H,26,27,28,29). The zero-order chi connectivity index (χ0) is 23.9. The molecule has 2 heterocycles. The fourth-order valence-corrected chi connectivity index (χ4v) is 3.71. The number of aromatic nitrogens is 3. The van der Waals surface area contributed by atoms with Crippen molar-refractivity contribution in [1.82, 2.24) is 19.9 Å². The maximum Gasteiger partial charge on any atom is 0.232 e. The zero-order valence-electron chi connectivity index (χ0n) is 19.9. The van der Waals surface area contributed by atoms with Crippen molar-refractivity contribution in [1.29, 1.82) is 0 Å². The molecule has 1 aliphatic heterocycles. The quantitative estimate of drug-likeness (QED) is 0.492. The molecule has 1 fully saturated rings. The number of benzene rings is 2. The third kappa shape index (κ3) is 6.55. The first-order valence-corrected chi connectivity index (χ1v) is 11.6. The zero-order valence-corrected chi connectivity index (χ0v) is 19.9. The number of nitrogens with one attached hydrogen (secondary N) is 1. The van der Waals surface area contributed by atoms with Gasteiger partial charge in [0.1, 0.15) is 23.1 Å². The van der Waals surface area contributed by atoms with E-state index in [4.69, 9.17) is 14.6 Å². The summed E-state index contributed by atoms with van der Waals surface area (Å²) in [5.41, 5.74) is 0.859. The van der Waals surface area contributed by atoms with Crippen LogP contribution in [0.4, 0.5) is 17.6 Å². The van der Waals surface area contributed by atoms with Crippen molar-refractivity contribution in [2.24, 2.45) is 0 Å². The number of aryl methyl sites for hydroxylation is 1. The lowest BCUT2D eigenvalue weighted by Crippen LogP contribution is -2.47. The second-order valence-electron chi connectivity index (χ2n) is 8.45. The Balaban J connectivity index is 1.37. The lowest BCUT2D eigenvalue weighted by molar-refractivity contribution is 0.188. The Bertz CT molecular complexity index is 1050. The minimum absolute atomic E-state index is 0.137. The summed E-state index contributed by atoms with van der Waals surface area (Å²) in [4.78, 5) is 18.0. The molecular weight excluding hydrogens is 432 g/mol. The molecule has 34 heavy (non-hydrogen) atoms. The van der Waals surface area contributed by atoms with Gasteiger partial charge >= 0.3 is 0 Å². The number of aliphatic hydroxyl groups excluding tert-OH is 1. The van der Waals surface area contributed by atoms with Gasteiger partial charge in [0.05, 0.1) is 12.7 Å². The molecule has 0 bridgehead atoms. The number of aliphatic hydroxyl groups is 1. The minimum atomic E-state index is 0.137. The van der Waals surface area contributed by atoms with Crippen LogP contribution in [-0.2, 0) is 0 Å². The Morgan fingerprint density at radius 1 is 0.882 bits per heavy atom. The molecule has 0 aliphatic carbocycles. The summed E-state index contributed by atoms with van der Waals surface area (Å²) in [6.45, 7) is 10.1. The fraction of sp³-hybridized carbons (Fsp3) is 0.400. The van der Waals surface area contributed by atoms with Gasteiger partial charge in [-0.1, -0.05) is 0 Å². The summed E-state index contributed by atoms with van der Waals surface area (Å²) in [6, 6.07) is 15.2. The number of β-amino-alcohol motifs (C(OH)–C–C–N with tert-alkyl or cyclic N) is 1. The normalized spacial score (nSPS) is 14.3. The summed E-state index contributed by atoms with van der Waals surface area (Å²) in [6.07, 6.45) is 0.137. The first-order valence-electron chi connectivity index (χ1n) is 11.6. The second kappa shape index (κ2) is 11.1. The van der Waals surface area contributed by atoms with E-state index in [2.05, 4.69) is 30.1 Å². The average Bonchev–Trinajstić information content (AvgIpc) is 2.82. The van der Waals surface area contributed by atoms with Gasteiger partial charge in [-0.15, -0.1) is 0 Å². The average molecular weight is 465 g/mol. The molecule has 0 atom stereocenters. The molecule has 0 radical (unpaired) electrons. The number of hydrogen-bond donors (Lipinski definition) is 2. The molecule has 1 aliphatic rings. The van der Waals surface area contributed by atoms with Gasteiger partial charge in [-0.3, -0.25) is 4.90 Å². The van der Waals surface area contributed by atoms with Gasteiger partial charge in [0.25, 0.3) is 0 Å². The van der Waals surface area contributed by atoms with E-state index in [1.807, 2.05) is 69.3 Å². The largest absolute Gasteiger partial charge is 0.491 e. The molecule has 0 amide bonds. The van der Waals surface area contributed by atoms with Crippen LogP contribution in [0.2, 0.25) is 0 Å². The van der Waals surface area contributed by atoms with Crippen LogP contribution in [0.1, 0.15) is 19.7 Å². The molecule has 3 aromatic rings. The molecule has 2 N–H and O–H groups in total. The van der Waals surface area contributed by atoms with Crippen molar-refractivity contribution >= 4 is 17.6 Å².